The molecular formula is C32H37N7O3. The molecule has 2 bridgehead atoms. The summed E-state index contributed by atoms with van der Waals surface area (Å²) in [5.41, 5.74) is 10.8. The maximum Gasteiger partial charge on any atom is 0.317 e. The maximum atomic E-state index is 13.8. The van der Waals surface area contributed by atoms with Crippen LogP contribution in [0.5, 0.6) is 5.75 Å². The summed E-state index contributed by atoms with van der Waals surface area (Å²) in [4.78, 5) is 35.2. The lowest BCUT2D eigenvalue weighted by atomic mass is 10.1. The minimum absolute atomic E-state index is 0.00876. The summed E-state index contributed by atoms with van der Waals surface area (Å²) in [5.74, 6) is 2.48. The molecule has 2 aromatic heterocycles. The van der Waals surface area contributed by atoms with E-state index in [1.54, 1.807) is 7.11 Å². The summed E-state index contributed by atoms with van der Waals surface area (Å²) in [6.45, 7) is 4.09. The number of urea groups is 1. The van der Waals surface area contributed by atoms with E-state index in [0.29, 0.717) is 55.9 Å². The average Bonchev–Trinajstić information content (AvgIpc) is 3.27. The predicted octanol–water partition coefficient (Wildman–Crippen LogP) is 3.66. The monoisotopic (exact) mass is 567 g/mol. The zero-order valence-electron chi connectivity index (χ0n) is 24.0. The lowest BCUT2D eigenvalue weighted by Gasteiger charge is -2.27. The Kier molecular flexibility index (Phi) is 5.96. The molecule has 2 saturated heterocycles. The molecule has 2 aromatic carbocycles. The normalized spacial score (nSPS) is 23.5. The highest BCUT2D eigenvalue weighted by molar-refractivity contribution is 6.00. The molecule has 3 N–H and O–H groups in total. The van der Waals surface area contributed by atoms with Gasteiger partial charge in [-0.3, -0.25) is 4.79 Å². The van der Waals surface area contributed by atoms with Crippen LogP contribution in [0.25, 0.3) is 33.5 Å². The maximum absolute atomic E-state index is 13.8. The molecule has 0 unspecified atom stereocenters. The number of nitrogens with zero attached hydrogens (tertiary/aromatic N) is 5. The number of hydrogen-bond acceptors (Lipinski definition) is 5. The number of piperidine rings is 1. The quantitative estimate of drug-likeness (QED) is 0.338. The second-order valence-electron chi connectivity index (χ2n) is 12.4. The largest absolute Gasteiger partial charge is 0.494 e. The number of benzene rings is 2. The highest BCUT2D eigenvalue weighted by atomic mass is 16.5. The smallest absolute Gasteiger partial charge is 0.317 e. The molecule has 42 heavy (non-hydrogen) atoms. The van der Waals surface area contributed by atoms with Gasteiger partial charge in [0.15, 0.2) is 5.82 Å². The van der Waals surface area contributed by atoms with Crippen molar-refractivity contribution in [3.8, 4) is 17.3 Å². The minimum atomic E-state index is -0.0400. The fourth-order valence-electron chi connectivity index (χ4n) is 7.47. The van der Waals surface area contributed by atoms with Crippen molar-refractivity contribution in [3.05, 3.63) is 48.0 Å². The first-order valence-electron chi connectivity index (χ1n) is 15.3. The highest BCUT2D eigenvalue weighted by Crippen LogP contribution is 2.40. The van der Waals surface area contributed by atoms with E-state index in [9.17, 15) is 9.59 Å². The predicted molar refractivity (Wildman–Crippen MR) is 160 cm³/mol. The van der Waals surface area contributed by atoms with Crippen LogP contribution >= 0.6 is 0 Å². The van der Waals surface area contributed by atoms with Crippen molar-refractivity contribution in [2.24, 2.45) is 17.6 Å². The van der Waals surface area contributed by atoms with Crippen molar-refractivity contribution in [2.45, 2.75) is 50.9 Å². The second kappa shape index (κ2) is 9.76. The number of hydrogen-bond donors (Lipinski definition) is 2. The van der Waals surface area contributed by atoms with Gasteiger partial charge >= 0.3 is 6.03 Å². The Morgan fingerprint density at radius 2 is 1.95 bits per heavy atom. The number of rotatable bonds is 8. The topological polar surface area (TPSA) is 111 Å². The van der Waals surface area contributed by atoms with E-state index in [1.807, 2.05) is 21.9 Å². The molecule has 4 aliphatic rings. The fraction of sp³-hybridized carbons (Fsp3) is 0.469. The van der Waals surface area contributed by atoms with E-state index in [2.05, 4.69) is 44.8 Å². The Morgan fingerprint density at radius 1 is 1.10 bits per heavy atom. The number of imidazole rings is 1. The van der Waals surface area contributed by atoms with Crippen LogP contribution in [-0.4, -0.2) is 81.2 Å². The zero-order valence-corrected chi connectivity index (χ0v) is 24.0. The fourth-order valence-corrected chi connectivity index (χ4v) is 7.47. The summed E-state index contributed by atoms with van der Waals surface area (Å²) in [6, 6.07) is 14.6. The van der Waals surface area contributed by atoms with Crippen molar-refractivity contribution in [2.75, 3.05) is 33.3 Å². The average molecular weight is 568 g/mol. The SMILES string of the molecule is COc1cc(C(=O)N2C[C@H]3CC[C@@H]2[C@@H]3N)cc2nc(-c3cc4ccccc4n3CC3CC3)n(CCN3CCNC3=O)c12. The summed E-state index contributed by atoms with van der Waals surface area (Å²) in [6.07, 6.45) is 4.54. The van der Waals surface area contributed by atoms with Gasteiger partial charge in [0.25, 0.3) is 5.91 Å². The molecule has 2 saturated carbocycles. The minimum Gasteiger partial charge on any atom is -0.494 e. The van der Waals surface area contributed by atoms with E-state index in [-0.39, 0.29) is 24.0 Å². The molecule has 4 aromatic rings. The first-order chi connectivity index (χ1) is 20.5. The summed E-state index contributed by atoms with van der Waals surface area (Å²) >= 11 is 0. The number of carbonyl (C=O) groups is 2. The van der Waals surface area contributed by atoms with Gasteiger partial charge in [-0.05, 0) is 61.8 Å². The van der Waals surface area contributed by atoms with Gasteiger partial charge < -0.3 is 34.7 Å². The van der Waals surface area contributed by atoms with Crippen LogP contribution in [0, 0.1) is 11.8 Å². The van der Waals surface area contributed by atoms with Gasteiger partial charge in [-0.1, -0.05) is 18.2 Å². The van der Waals surface area contributed by atoms with Crippen LogP contribution in [0.15, 0.2) is 42.5 Å². The Balaban J connectivity index is 1.27. The van der Waals surface area contributed by atoms with Crippen molar-refractivity contribution in [1.82, 2.24) is 29.2 Å². The summed E-state index contributed by atoms with van der Waals surface area (Å²) < 4.78 is 10.5. The number of nitrogens with one attached hydrogen (secondary N) is 1. The molecule has 2 aliphatic carbocycles. The van der Waals surface area contributed by atoms with Gasteiger partial charge in [-0.2, -0.15) is 0 Å². The van der Waals surface area contributed by atoms with Gasteiger partial charge in [-0.25, -0.2) is 9.78 Å². The number of nitrogens with two attached hydrogens (primary N) is 1. The standard InChI is InChI=1S/C32H37N7O3/c1-42-27-16-22(31(40)39-18-21-8-9-25(39)28(21)33)14-23-29(27)37(13-12-36-11-10-34-32(36)41)30(35-23)26-15-20-4-2-3-5-24(20)38(26)17-19-6-7-19/h2-5,14-16,19,21,25,28H,6-13,17-18,33H2,1H3,(H,34,41)/t21-,25-,28-/m1/s1. The number of carbonyl (C=O) groups excluding carboxylic acids is 2. The molecule has 3 amide bonds. The van der Waals surface area contributed by atoms with E-state index < -0.39 is 0 Å². The molecule has 4 heterocycles. The third-order valence-corrected chi connectivity index (χ3v) is 9.90. The van der Waals surface area contributed by atoms with Gasteiger partial charge in [0.2, 0.25) is 0 Å². The number of ether oxygens (including phenoxy) is 1. The van der Waals surface area contributed by atoms with Crippen LogP contribution in [0.1, 0.15) is 36.0 Å². The number of para-hydroxylation sites is 1. The van der Waals surface area contributed by atoms with Crippen molar-refractivity contribution in [1.29, 1.82) is 0 Å². The van der Waals surface area contributed by atoms with Crippen LogP contribution in [0.3, 0.4) is 0 Å². The number of methoxy groups -OCH3 is 1. The van der Waals surface area contributed by atoms with Crippen LogP contribution < -0.4 is 15.8 Å². The highest BCUT2D eigenvalue weighted by Gasteiger charge is 2.47. The summed E-state index contributed by atoms with van der Waals surface area (Å²) in [5, 5.41) is 4.08. The number of aromatic nitrogens is 3. The van der Waals surface area contributed by atoms with Gasteiger partial charge in [0.1, 0.15) is 11.3 Å². The Labute approximate surface area is 244 Å². The molecule has 0 spiro atoms. The molecule has 8 rings (SSSR count). The lowest BCUT2D eigenvalue weighted by molar-refractivity contribution is 0.0700. The molecule has 10 nitrogen and oxygen atoms in total. The van der Waals surface area contributed by atoms with E-state index in [0.717, 1.165) is 41.9 Å². The van der Waals surface area contributed by atoms with E-state index in [1.165, 1.54) is 23.7 Å². The number of amides is 3. The van der Waals surface area contributed by atoms with Crippen LogP contribution in [0.4, 0.5) is 4.79 Å². The third kappa shape index (κ3) is 4.06. The van der Waals surface area contributed by atoms with Gasteiger partial charge in [-0.15, -0.1) is 0 Å². The van der Waals surface area contributed by atoms with Crippen molar-refractivity contribution >= 4 is 33.9 Å². The van der Waals surface area contributed by atoms with Crippen molar-refractivity contribution in [3.63, 3.8) is 0 Å². The van der Waals surface area contributed by atoms with Gasteiger partial charge in [0, 0.05) is 67.8 Å². The van der Waals surface area contributed by atoms with Crippen LogP contribution in [-0.2, 0) is 13.1 Å². The first kappa shape index (κ1) is 25.6. The lowest BCUT2D eigenvalue weighted by Crippen LogP contribution is -2.41. The van der Waals surface area contributed by atoms with Gasteiger partial charge in [0.05, 0.1) is 18.3 Å². The zero-order chi connectivity index (χ0) is 28.5. The van der Waals surface area contributed by atoms with Crippen LogP contribution in [0.2, 0.25) is 0 Å². The number of fused-ring (bicyclic) bond motifs is 4. The van der Waals surface area contributed by atoms with Crippen molar-refractivity contribution < 1.29 is 14.3 Å². The third-order valence-electron chi connectivity index (χ3n) is 9.90. The molecule has 10 heteroatoms. The Hall–Kier alpha value is -4.05. The summed E-state index contributed by atoms with van der Waals surface area (Å²) in [7, 11) is 1.64. The molecule has 0 radical (unpaired) electrons. The number of likely N-dealkylation sites (tertiary alicyclic amines) is 1. The molecule has 3 atom stereocenters. The van der Waals surface area contributed by atoms with E-state index >= 15 is 0 Å². The molecular weight excluding hydrogens is 530 g/mol. The molecule has 4 fully saturated rings. The molecule has 218 valence electrons. The second-order valence-corrected chi connectivity index (χ2v) is 12.4. The molecule has 2 aliphatic heterocycles. The first-order valence-corrected chi connectivity index (χ1v) is 15.3. The van der Waals surface area contributed by atoms with E-state index in [4.69, 9.17) is 15.5 Å². The Morgan fingerprint density at radius 3 is 2.67 bits per heavy atom. The Bertz CT molecular complexity index is 1720.